The lowest BCUT2D eigenvalue weighted by molar-refractivity contribution is -0.386. The number of aromatic hydroxyl groups is 2. The Hall–Kier alpha value is -3.12. The van der Waals surface area contributed by atoms with Crippen molar-refractivity contribution in [1.82, 2.24) is 0 Å². The van der Waals surface area contributed by atoms with Crippen LogP contribution in [0.15, 0.2) is 41.3 Å². The minimum Gasteiger partial charge on any atom is -0.504 e. The maximum Gasteiger partial charge on any atom is 0.315 e. The first-order valence-electron chi connectivity index (χ1n) is 6.17. The van der Waals surface area contributed by atoms with Crippen LogP contribution < -0.4 is 0 Å². The Labute approximate surface area is 130 Å². The van der Waals surface area contributed by atoms with E-state index in [1.165, 1.54) is 24.3 Å². The Kier molecular flexibility index (Phi) is 4.20. The van der Waals surface area contributed by atoms with Crippen LogP contribution in [0.1, 0.15) is 11.1 Å². The van der Waals surface area contributed by atoms with Gasteiger partial charge in [-0.15, -0.1) is 0 Å². The predicted molar refractivity (Wildman–Crippen MR) is 78.5 cm³/mol. The molecule has 0 aromatic heterocycles. The van der Waals surface area contributed by atoms with Gasteiger partial charge in [0.15, 0.2) is 15.6 Å². The molecule has 0 aliphatic heterocycles. The van der Waals surface area contributed by atoms with Crippen molar-refractivity contribution >= 4 is 15.5 Å². The third-order valence-corrected chi connectivity index (χ3v) is 4.71. The number of hydrogen-bond donors (Lipinski definition) is 2. The van der Waals surface area contributed by atoms with Crippen molar-refractivity contribution in [2.24, 2.45) is 0 Å². The van der Waals surface area contributed by atoms with Crippen LogP contribution in [-0.4, -0.2) is 23.6 Å². The largest absolute Gasteiger partial charge is 0.504 e. The van der Waals surface area contributed by atoms with Gasteiger partial charge in [-0.3, -0.25) is 10.1 Å². The molecule has 0 fully saturated rings. The zero-order chi connectivity index (χ0) is 17.2. The number of nitro groups is 1. The normalized spacial score (nSPS) is 10.9. The fourth-order valence-corrected chi connectivity index (χ4v) is 3.26. The van der Waals surface area contributed by atoms with Gasteiger partial charge >= 0.3 is 5.69 Å². The van der Waals surface area contributed by atoms with Crippen molar-refractivity contribution in [3.05, 3.63) is 57.6 Å². The molecule has 2 aromatic carbocycles. The Bertz CT molecular complexity index is 914. The minimum absolute atomic E-state index is 0.365. The number of nitrogens with zero attached hydrogens (tertiary/aromatic N) is 2. The van der Waals surface area contributed by atoms with E-state index >= 15 is 0 Å². The van der Waals surface area contributed by atoms with E-state index in [0.717, 1.165) is 6.07 Å². The van der Waals surface area contributed by atoms with E-state index in [9.17, 15) is 28.7 Å². The fraction of sp³-hybridized carbons (Fsp3) is 0.0714. The summed E-state index contributed by atoms with van der Waals surface area (Å²) >= 11 is 0. The SMILES string of the molecule is N#Cc1ccc(CS(=O)(=O)c2cc(O)c(O)c([N+](=O)[O-])c2)cc1. The number of hydrogen-bond acceptors (Lipinski definition) is 7. The van der Waals surface area contributed by atoms with E-state index < -0.39 is 42.6 Å². The summed E-state index contributed by atoms with van der Waals surface area (Å²) in [6.45, 7) is 0. The molecule has 0 spiro atoms. The first kappa shape index (κ1) is 16.3. The molecule has 0 aliphatic carbocycles. The third-order valence-electron chi connectivity index (χ3n) is 3.04. The summed E-state index contributed by atoms with van der Waals surface area (Å²) in [4.78, 5) is 9.32. The maximum absolute atomic E-state index is 12.3. The van der Waals surface area contributed by atoms with E-state index in [4.69, 9.17) is 5.26 Å². The van der Waals surface area contributed by atoms with E-state index in [2.05, 4.69) is 0 Å². The number of benzene rings is 2. The summed E-state index contributed by atoms with van der Waals surface area (Å²) < 4.78 is 24.6. The van der Waals surface area contributed by atoms with Crippen molar-refractivity contribution < 1.29 is 23.6 Å². The summed E-state index contributed by atoms with van der Waals surface area (Å²) in [5.41, 5.74) is -0.160. The lowest BCUT2D eigenvalue weighted by atomic mass is 10.2. The smallest absolute Gasteiger partial charge is 0.315 e. The van der Waals surface area contributed by atoms with E-state index in [-0.39, 0.29) is 0 Å². The molecule has 0 bridgehead atoms. The van der Waals surface area contributed by atoms with Gasteiger partial charge in [0.05, 0.1) is 27.2 Å². The first-order valence-corrected chi connectivity index (χ1v) is 7.82. The molecule has 0 aliphatic rings. The van der Waals surface area contributed by atoms with Gasteiger partial charge in [0.25, 0.3) is 0 Å². The van der Waals surface area contributed by atoms with Gasteiger partial charge in [-0.1, -0.05) is 12.1 Å². The quantitative estimate of drug-likeness (QED) is 0.493. The molecule has 2 N–H and O–H groups in total. The van der Waals surface area contributed by atoms with Crippen molar-refractivity contribution in [3.8, 4) is 17.6 Å². The van der Waals surface area contributed by atoms with Crippen LogP contribution in [0.5, 0.6) is 11.5 Å². The van der Waals surface area contributed by atoms with Gasteiger partial charge in [-0.05, 0) is 17.7 Å². The highest BCUT2D eigenvalue weighted by atomic mass is 32.2. The van der Waals surface area contributed by atoms with Gasteiger partial charge in [0.2, 0.25) is 5.75 Å². The Morgan fingerprint density at radius 1 is 1.17 bits per heavy atom. The fourth-order valence-electron chi connectivity index (χ4n) is 1.88. The van der Waals surface area contributed by atoms with Gasteiger partial charge in [-0.2, -0.15) is 5.26 Å². The topological polar surface area (TPSA) is 142 Å². The van der Waals surface area contributed by atoms with Gasteiger partial charge in [-0.25, -0.2) is 8.42 Å². The third kappa shape index (κ3) is 3.38. The molecular weight excluding hydrogens is 324 g/mol. The van der Waals surface area contributed by atoms with Gasteiger partial charge < -0.3 is 10.2 Å². The molecule has 0 amide bonds. The zero-order valence-electron chi connectivity index (χ0n) is 11.5. The van der Waals surface area contributed by atoms with Crippen molar-refractivity contribution in [1.29, 1.82) is 5.26 Å². The second-order valence-electron chi connectivity index (χ2n) is 4.64. The van der Waals surface area contributed by atoms with E-state index in [1.807, 2.05) is 6.07 Å². The van der Waals surface area contributed by atoms with Crippen LogP contribution in [0.2, 0.25) is 0 Å². The zero-order valence-corrected chi connectivity index (χ0v) is 12.3. The Balaban J connectivity index is 2.43. The molecule has 0 unspecified atom stereocenters. The minimum atomic E-state index is -3.99. The predicted octanol–water partition coefficient (Wildman–Crippen LogP) is 1.85. The van der Waals surface area contributed by atoms with Crippen molar-refractivity contribution in [3.63, 3.8) is 0 Å². The van der Waals surface area contributed by atoms with Crippen molar-refractivity contribution in [2.75, 3.05) is 0 Å². The van der Waals surface area contributed by atoms with Gasteiger partial charge in [0, 0.05) is 12.1 Å². The lowest BCUT2D eigenvalue weighted by Gasteiger charge is -2.07. The molecule has 0 atom stereocenters. The molecule has 118 valence electrons. The summed E-state index contributed by atoms with van der Waals surface area (Å²) in [5, 5.41) is 38.3. The first-order chi connectivity index (χ1) is 10.7. The average molecular weight is 334 g/mol. The van der Waals surface area contributed by atoms with Gasteiger partial charge in [0.1, 0.15) is 0 Å². The van der Waals surface area contributed by atoms with Crippen LogP contribution in [0, 0.1) is 21.4 Å². The van der Waals surface area contributed by atoms with Crippen LogP contribution in [0.4, 0.5) is 5.69 Å². The molecule has 23 heavy (non-hydrogen) atoms. The molecule has 0 saturated heterocycles. The summed E-state index contributed by atoms with van der Waals surface area (Å²) in [6, 6.07) is 9.13. The van der Waals surface area contributed by atoms with Crippen LogP contribution in [-0.2, 0) is 15.6 Å². The second kappa shape index (κ2) is 5.94. The van der Waals surface area contributed by atoms with Crippen LogP contribution in [0.25, 0.3) is 0 Å². The van der Waals surface area contributed by atoms with Crippen LogP contribution in [0.3, 0.4) is 0 Å². The highest BCUT2D eigenvalue weighted by Crippen LogP contribution is 2.38. The summed E-state index contributed by atoms with van der Waals surface area (Å²) in [6.07, 6.45) is 0. The number of rotatable bonds is 4. The number of phenols is 2. The van der Waals surface area contributed by atoms with Crippen LogP contribution >= 0.6 is 0 Å². The molecule has 2 rings (SSSR count). The molecule has 9 heteroatoms. The molecular formula is C14H10N2O6S. The number of nitro benzene ring substituents is 1. The maximum atomic E-state index is 12.3. The summed E-state index contributed by atoms with van der Waals surface area (Å²) in [7, 11) is -3.99. The number of sulfone groups is 1. The Morgan fingerprint density at radius 2 is 1.78 bits per heavy atom. The molecule has 8 nitrogen and oxygen atoms in total. The standard InChI is InChI=1S/C14H10N2O6S/c15-7-9-1-3-10(4-2-9)8-23(21,22)11-5-12(16(19)20)14(18)13(17)6-11/h1-6,17-18H,8H2. The average Bonchev–Trinajstić information content (AvgIpc) is 2.49. The molecule has 2 aromatic rings. The number of nitriles is 1. The highest BCUT2D eigenvalue weighted by Gasteiger charge is 2.25. The van der Waals surface area contributed by atoms with E-state index in [1.54, 1.807) is 0 Å². The number of phenolic OH excluding ortho intramolecular Hbond substituents is 2. The molecule has 0 saturated carbocycles. The highest BCUT2D eigenvalue weighted by molar-refractivity contribution is 7.90. The monoisotopic (exact) mass is 334 g/mol. The Morgan fingerprint density at radius 3 is 2.30 bits per heavy atom. The van der Waals surface area contributed by atoms with Crippen molar-refractivity contribution in [2.45, 2.75) is 10.6 Å². The lowest BCUT2D eigenvalue weighted by Crippen LogP contribution is -2.06. The van der Waals surface area contributed by atoms with E-state index in [0.29, 0.717) is 17.2 Å². The summed E-state index contributed by atoms with van der Waals surface area (Å²) in [5.74, 6) is -2.36. The second-order valence-corrected chi connectivity index (χ2v) is 6.62. The molecule has 0 radical (unpaired) electrons. The molecule has 0 heterocycles.